The fraction of sp³-hybridized carbons (Fsp3) is 0.0500. The Morgan fingerprint density at radius 2 is 1.81 bits per heavy atom. The van der Waals surface area contributed by atoms with Crippen LogP contribution in [0, 0.1) is 4.77 Å². The third-order valence-electron chi connectivity index (χ3n) is 4.16. The van der Waals surface area contributed by atoms with Crippen molar-refractivity contribution in [2.75, 3.05) is 0 Å². The molecule has 0 aliphatic heterocycles. The molecule has 4 rings (SSSR count). The molecule has 0 atom stereocenters. The number of nitrogens with zero attached hydrogens (tertiary/aromatic N) is 3. The topological polar surface area (TPSA) is 46.0 Å². The summed E-state index contributed by atoms with van der Waals surface area (Å²) in [6, 6.07) is 22.1. The smallest absolute Gasteiger partial charge is 0.216 e. The van der Waals surface area contributed by atoms with E-state index in [0.717, 1.165) is 11.4 Å². The first-order chi connectivity index (χ1) is 12.7. The maximum atomic E-state index is 6.19. The van der Waals surface area contributed by atoms with Crippen LogP contribution in [-0.4, -0.2) is 21.1 Å². The molecular weight excluding hydrogens is 364 g/mol. The van der Waals surface area contributed by atoms with E-state index in [2.05, 4.69) is 45.6 Å². The molecule has 0 fully saturated rings. The van der Waals surface area contributed by atoms with Crippen molar-refractivity contribution in [1.82, 2.24) is 14.9 Å². The third kappa shape index (κ3) is 3.31. The van der Waals surface area contributed by atoms with Crippen molar-refractivity contribution in [3.05, 3.63) is 93.5 Å². The Morgan fingerprint density at radius 1 is 1.04 bits per heavy atom. The highest BCUT2D eigenvalue weighted by atomic mass is 35.5. The molecule has 26 heavy (non-hydrogen) atoms. The average molecular weight is 379 g/mol. The molecule has 0 aliphatic rings. The number of rotatable bonds is 4. The summed E-state index contributed by atoms with van der Waals surface area (Å²) >= 11 is 11.5. The van der Waals surface area contributed by atoms with Crippen LogP contribution in [0.15, 0.2) is 71.8 Å². The van der Waals surface area contributed by atoms with Gasteiger partial charge in [0.2, 0.25) is 4.77 Å². The summed E-state index contributed by atoms with van der Waals surface area (Å²) in [5.41, 5.74) is 2.00. The fourth-order valence-electron chi connectivity index (χ4n) is 2.87. The van der Waals surface area contributed by atoms with E-state index < -0.39 is 0 Å². The summed E-state index contributed by atoms with van der Waals surface area (Å²) in [5, 5.41) is 14.7. The molecule has 1 aromatic heterocycles. The number of hydrogen-bond donors (Lipinski definition) is 1. The molecule has 0 aliphatic carbocycles. The first kappa shape index (κ1) is 16.7. The van der Waals surface area contributed by atoms with Gasteiger partial charge in [-0.15, -0.1) is 0 Å². The standard InChI is InChI=1S/C20H15ClN4S/c21-18-11-4-2-7-16(18)13-22-25-19(23-24-20(25)26)12-15-9-5-8-14-6-1-3-10-17(14)15/h1-11,13H,12H2,(H,24,26)/b22-13-. The van der Waals surface area contributed by atoms with Crippen LogP contribution < -0.4 is 0 Å². The van der Waals surface area contributed by atoms with Gasteiger partial charge in [-0.25, -0.2) is 0 Å². The Kier molecular flexibility index (Phi) is 4.65. The van der Waals surface area contributed by atoms with Gasteiger partial charge in [0.25, 0.3) is 0 Å². The Labute approximate surface area is 160 Å². The highest BCUT2D eigenvalue weighted by molar-refractivity contribution is 7.71. The third-order valence-corrected chi connectivity index (χ3v) is 4.77. The molecule has 0 saturated heterocycles. The molecule has 0 spiro atoms. The Morgan fingerprint density at radius 3 is 2.69 bits per heavy atom. The van der Waals surface area contributed by atoms with Gasteiger partial charge in [0.1, 0.15) is 0 Å². The summed E-state index contributed by atoms with van der Waals surface area (Å²) in [7, 11) is 0. The monoisotopic (exact) mass is 378 g/mol. The van der Waals surface area contributed by atoms with E-state index in [1.54, 1.807) is 10.9 Å². The van der Waals surface area contributed by atoms with Crippen molar-refractivity contribution in [2.24, 2.45) is 5.10 Å². The van der Waals surface area contributed by atoms with Crippen molar-refractivity contribution < 1.29 is 0 Å². The summed E-state index contributed by atoms with van der Waals surface area (Å²) < 4.78 is 2.09. The number of aromatic nitrogens is 3. The van der Waals surface area contributed by atoms with E-state index in [0.29, 0.717) is 16.2 Å². The van der Waals surface area contributed by atoms with Crippen molar-refractivity contribution in [3.8, 4) is 0 Å². The van der Waals surface area contributed by atoms with Crippen LogP contribution in [0.3, 0.4) is 0 Å². The lowest BCUT2D eigenvalue weighted by Gasteiger charge is -2.06. The molecule has 128 valence electrons. The maximum Gasteiger partial charge on any atom is 0.216 e. The lowest BCUT2D eigenvalue weighted by Crippen LogP contribution is -2.01. The van der Waals surface area contributed by atoms with Crippen LogP contribution in [0.5, 0.6) is 0 Å². The second-order valence-corrected chi connectivity index (χ2v) is 6.63. The normalized spacial score (nSPS) is 11.4. The quantitative estimate of drug-likeness (QED) is 0.391. The molecule has 4 nitrogen and oxygen atoms in total. The lowest BCUT2D eigenvalue weighted by atomic mass is 10.0. The van der Waals surface area contributed by atoms with Crippen LogP contribution in [0.2, 0.25) is 5.02 Å². The van der Waals surface area contributed by atoms with Gasteiger partial charge in [0.05, 0.1) is 6.21 Å². The predicted octanol–water partition coefficient (Wildman–Crippen LogP) is 5.22. The second kappa shape index (κ2) is 7.23. The molecule has 3 aromatic carbocycles. The minimum absolute atomic E-state index is 0.448. The zero-order valence-electron chi connectivity index (χ0n) is 13.8. The van der Waals surface area contributed by atoms with Gasteiger partial charge in [0, 0.05) is 17.0 Å². The zero-order valence-corrected chi connectivity index (χ0v) is 15.3. The van der Waals surface area contributed by atoms with Gasteiger partial charge in [-0.3, -0.25) is 5.10 Å². The highest BCUT2D eigenvalue weighted by Gasteiger charge is 2.09. The lowest BCUT2D eigenvalue weighted by molar-refractivity contribution is 0.793. The molecule has 4 aromatic rings. The van der Waals surface area contributed by atoms with Crippen LogP contribution in [-0.2, 0) is 6.42 Å². The molecule has 0 unspecified atom stereocenters. The maximum absolute atomic E-state index is 6.19. The van der Waals surface area contributed by atoms with Crippen LogP contribution in [0.25, 0.3) is 10.8 Å². The number of hydrogen-bond acceptors (Lipinski definition) is 3. The van der Waals surface area contributed by atoms with Gasteiger partial charge >= 0.3 is 0 Å². The molecule has 0 bridgehead atoms. The average Bonchev–Trinajstić information content (AvgIpc) is 3.01. The summed E-state index contributed by atoms with van der Waals surface area (Å²) in [5.74, 6) is 0.745. The number of benzene rings is 3. The minimum Gasteiger partial charge on any atom is -0.250 e. The van der Waals surface area contributed by atoms with Crippen molar-refractivity contribution in [2.45, 2.75) is 6.42 Å². The van der Waals surface area contributed by atoms with Crippen molar-refractivity contribution in [1.29, 1.82) is 0 Å². The Hall–Kier alpha value is -2.76. The number of aromatic amines is 1. The van der Waals surface area contributed by atoms with Gasteiger partial charge in [0.15, 0.2) is 5.82 Å². The predicted molar refractivity (Wildman–Crippen MR) is 109 cm³/mol. The van der Waals surface area contributed by atoms with Gasteiger partial charge in [-0.05, 0) is 34.6 Å². The Bertz CT molecular complexity index is 1150. The van der Waals surface area contributed by atoms with E-state index >= 15 is 0 Å². The molecule has 0 radical (unpaired) electrons. The summed E-state index contributed by atoms with van der Waals surface area (Å²) in [6.45, 7) is 0. The van der Waals surface area contributed by atoms with E-state index in [1.165, 1.54) is 16.3 Å². The number of fused-ring (bicyclic) bond motifs is 1. The Balaban J connectivity index is 1.71. The second-order valence-electron chi connectivity index (χ2n) is 5.84. The summed E-state index contributed by atoms with van der Waals surface area (Å²) in [4.78, 5) is 0. The first-order valence-corrected chi connectivity index (χ1v) is 8.93. The molecule has 0 amide bonds. The fourth-order valence-corrected chi connectivity index (χ4v) is 3.26. The molecule has 1 N–H and O–H groups in total. The van der Waals surface area contributed by atoms with Gasteiger partial charge in [-0.1, -0.05) is 72.3 Å². The van der Waals surface area contributed by atoms with E-state index in [9.17, 15) is 0 Å². The molecule has 6 heteroatoms. The van der Waals surface area contributed by atoms with Crippen molar-refractivity contribution >= 4 is 40.8 Å². The SMILES string of the molecule is S=c1[nH]nc(Cc2cccc3ccccc23)n1/N=C\c1ccccc1Cl. The summed E-state index contributed by atoms with van der Waals surface area (Å²) in [6.07, 6.45) is 2.31. The highest BCUT2D eigenvalue weighted by Crippen LogP contribution is 2.21. The molecule has 1 heterocycles. The molecule has 0 saturated carbocycles. The van der Waals surface area contributed by atoms with Gasteiger partial charge in [-0.2, -0.15) is 14.9 Å². The first-order valence-electron chi connectivity index (χ1n) is 8.14. The number of H-pyrrole nitrogens is 1. The van der Waals surface area contributed by atoms with E-state index in [-0.39, 0.29) is 0 Å². The minimum atomic E-state index is 0.448. The number of nitrogens with one attached hydrogen (secondary N) is 1. The largest absolute Gasteiger partial charge is 0.250 e. The number of halogens is 1. The zero-order chi connectivity index (χ0) is 17.9. The van der Waals surface area contributed by atoms with E-state index in [4.69, 9.17) is 23.8 Å². The molecular formula is C20H15ClN4S. The van der Waals surface area contributed by atoms with E-state index in [1.807, 2.05) is 36.4 Å². The van der Waals surface area contributed by atoms with Crippen LogP contribution >= 0.6 is 23.8 Å². The van der Waals surface area contributed by atoms with Gasteiger partial charge < -0.3 is 0 Å². The van der Waals surface area contributed by atoms with Crippen LogP contribution in [0.4, 0.5) is 0 Å². The van der Waals surface area contributed by atoms with Crippen LogP contribution in [0.1, 0.15) is 17.0 Å². The van der Waals surface area contributed by atoms with Crippen molar-refractivity contribution in [3.63, 3.8) is 0 Å².